The Balaban J connectivity index is 3.20. The molecule has 0 fully saturated rings. The molecule has 0 aromatic heterocycles. The van der Waals surface area contributed by atoms with Crippen LogP contribution in [-0.4, -0.2) is 4.92 Å². The lowest BCUT2D eigenvalue weighted by Crippen LogP contribution is -1.90. The van der Waals surface area contributed by atoms with Crippen molar-refractivity contribution in [3.05, 3.63) is 38.9 Å². The normalized spacial score (nSPS) is 9.64. The summed E-state index contributed by atoms with van der Waals surface area (Å²) in [5, 5.41) is 10.7. The smallest absolute Gasteiger partial charge is 0.258 e. The van der Waals surface area contributed by atoms with Crippen LogP contribution in [0.15, 0.2) is 12.1 Å². The maximum Gasteiger partial charge on any atom is 0.280 e. The average molecular weight is 171 g/mol. The number of nitro benzene ring substituents is 1. The first kappa shape index (κ1) is 8.01. The summed E-state index contributed by atoms with van der Waals surface area (Å²) in [6.07, 6.45) is 0. The molecule has 0 aliphatic heterocycles. The second-order valence-electron chi connectivity index (χ2n) is 2.11. The molecule has 11 heavy (non-hydrogen) atoms. The summed E-state index contributed by atoms with van der Waals surface area (Å²) in [4.78, 5) is 9.78. The van der Waals surface area contributed by atoms with Gasteiger partial charge in [-0.3, -0.25) is 10.1 Å². The van der Waals surface area contributed by atoms with Crippen molar-refractivity contribution in [3.8, 4) is 0 Å². The number of rotatable bonds is 1. The third kappa shape index (κ3) is 1.68. The molecule has 0 bridgehead atoms. The summed E-state index contributed by atoms with van der Waals surface area (Å²) in [6.45, 7) is 1.63. The van der Waals surface area contributed by atoms with E-state index in [0.29, 0.717) is 10.6 Å². The van der Waals surface area contributed by atoms with Gasteiger partial charge in [-0.25, -0.2) is 0 Å². The fourth-order valence-electron chi connectivity index (χ4n) is 0.765. The third-order valence-corrected chi connectivity index (χ3v) is 1.48. The Bertz CT molecular complexity index is 298. The summed E-state index contributed by atoms with van der Waals surface area (Å²) < 4.78 is 0. The average Bonchev–Trinajstić information content (AvgIpc) is 1.85. The zero-order chi connectivity index (χ0) is 8.43. The molecule has 57 valence electrons. The number of aryl methyl sites for hydroxylation is 1. The van der Waals surface area contributed by atoms with Gasteiger partial charge in [0.25, 0.3) is 5.69 Å². The molecule has 1 aromatic carbocycles. The van der Waals surface area contributed by atoms with Crippen molar-refractivity contribution in [3.63, 3.8) is 0 Å². The number of benzene rings is 1. The van der Waals surface area contributed by atoms with Gasteiger partial charge in [0.05, 0.1) is 11.0 Å². The molecule has 1 rings (SSSR count). The van der Waals surface area contributed by atoms with Crippen LogP contribution < -0.4 is 0 Å². The highest BCUT2D eigenvalue weighted by Crippen LogP contribution is 2.20. The molecule has 0 amide bonds. The van der Waals surface area contributed by atoms with Crippen molar-refractivity contribution in [2.24, 2.45) is 0 Å². The van der Waals surface area contributed by atoms with E-state index in [1.54, 1.807) is 6.92 Å². The number of hydrogen-bond donors (Lipinski definition) is 0. The van der Waals surface area contributed by atoms with E-state index >= 15 is 0 Å². The lowest BCUT2D eigenvalue weighted by atomic mass is 10.2. The lowest BCUT2D eigenvalue weighted by molar-refractivity contribution is -0.385. The van der Waals surface area contributed by atoms with Gasteiger partial charge in [0.1, 0.15) is 0 Å². The summed E-state index contributed by atoms with van der Waals surface area (Å²) in [5.41, 5.74) is 0.511. The minimum Gasteiger partial charge on any atom is -0.258 e. The SMILES string of the molecule is Cc1cc(Cl)c[c]c1[N+](=O)[O-]. The van der Waals surface area contributed by atoms with Crippen LogP contribution in [0.1, 0.15) is 5.56 Å². The molecule has 0 spiro atoms. The Morgan fingerprint density at radius 3 is 2.82 bits per heavy atom. The van der Waals surface area contributed by atoms with E-state index in [1.165, 1.54) is 12.1 Å². The van der Waals surface area contributed by atoms with Crippen LogP contribution in [0, 0.1) is 23.1 Å². The molecule has 0 heterocycles. The van der Waals surface area contributed by atoms with Gasteiger partial charge in [-0.15, -0.1) is 0 Å². The van der Waals surface area contributed by atoms with Gasteiger partial charge in [-0.2, -0.15) is 0 Å². The predicted molar refractivity (Wildman–Crippen MR) is 41.7 cm³/mol. The van der Waals surface area contributed by atoms with E-state index in [-0.39, 0.29) is 5.69 Å². The van der Waals surface area contributed by atoms with Crippen LogP contribution in [0.4, 0.5) is 5.69 Å². The first-order valence-corrected chi connectivity index (χ1v) is 3.31. The first-order valence-electron chi connectivity index (χ1n) is 2.93. The molecule has 4 heteroatoms. The van der Waals surface area contributed by atoms with Crippen molar-refractivity contribution in [1.82, 2.24) is 0 Å². The van der Waals surface area contributed by atoms with Crippen LogP contribution in [0.2, 0.25) is 5.02 Å². The molecule has 1 aromatic rings. The van der Waals surface area contributed by atoms with Gasteiger partial charge >= 0.3 is 0 Å². The van der Waals surface area contributed by atoms with Crippen molar-refractivity contribution < 1.29 is 4.92 Å². The summed E-state index contributed by atoms with van der Waals surface area (Å²) in [5.74, 6) is 0. The van der Waals surface area contributed by atoms with E-state index in [2.05, 4.69) is 6.07 Å². The van der Waals surface area contributed by atoms with Gasteiger partial charge in [0, 0.05) is 10.6 Å². The Labute approximate surface area is 68.8 Å². The molecule has 1 radical (unpaired) electrons. The van der Waals surface area contributed by atoms with Crippen molar-refractivity contribution in [2.45, 2.75) is 6.92 Å². The van der Waals surface area contributed by atoms with E-state index < -0.39 is 4.92 Å². The number of nitrogens with zero attached hydrogens (tertiary/aromatic N) is 1. The molecular formula is C7H5ClNO2. The monoisotopic (exact) mass is 170 g/mol. The lowest BCUT2D eigenvalue weighted by Gasteiger charge is -1.94. The van der Waals surface area contributed by atoms with E-state index in [0.717, 1.165) is 0 Å². The van der Waals surface area contributed by atoms with Gasteiger partial charge in [-0.05, 0) is 19.1 Å². The highest BCUT2D eigenvalue weighted by atomic mass is 35.5. The van der Waals surface area contributed by atoms with Crippen molar-refractivity contribution in [1.29, 1.82) is 0 Å². The quantitative estimate of drug-likeness (QED) is 0.480. The number of halogens is 1. The predicted octanol–water partition coefficient (Wildman–Crippen LogP) is 2.36. The molecule has 0 saturated heterocycles. The molecule has 0 unspecified atom stereocenters. The Morgan fingerprint density at radius 1 is 1.73 bits per heavy atom. The zero-order valence-corrected chi connectivity index (χ0v) is 6.55. The maximum absolute atomic E-state index is 10.3. The Morgan fingerprint density at radius 2 is 2.36 bits per heavy atom. The second kappa shape index (κ2) is 2.88. The number of nitro groups is 1. The second-order valence-corrected chi connectivity index (χ2v) is 2.54. The van der Waals surface area contributed by atoms with E-state index in [1.807, 2.05) is 0 Å². The van der Waals surface area contributed by atoms with Crippen molar-refractivity contribution in [2.75, 3.05) is 0 Å². The van der Waals surface area contributed by atoms with E-state index in [4.69, 9.17) is 11.6 Å². The summed E-state index contributed by atoms with van der Waals surface area (Å²) in [6, 6.07) is 5.39. The van der Waals surface area contributed by atoms with Crippen molar-refractivity contribution >= 4 is 17.3 Å². The minimum absolute atomic E-state index is 0.0191. The molecule has 0 N–H and O–H groups in total. The van der Waals surface area contributed by atoms with Crippen LogP contribution in [0.5, 0.6) is 0 Å². The standard InChI is InChI=1S/C7H5ClNO2/c1-5-4-6(8)2-3-7(5)9(10)11/h2,4H,1H3. The zero-order valence-electron chi connectivity index (χ0n) is 5.80. The van der Waals surface area contributed by atoms with Crippen LogP contribution in [0.25, 0.3) is 0 Å². The molecule has 0 saturated carbocycles. The summed E-state index contributed by atoms with van der Waals surface area (Å²) >= 11 is 5.57. The van der Waals surface area contributed by atoms with Gasteiger partial charge < -0.3 is 0 Å². The molecule has 0 aliphatic rings. The largest absolute Gasteiger partial charge is 0.280 e. The summed E-state index contributed by atoms with van der Waals surface area (Å²) in [7, 11) is 0. The molecular weight excluding hydrogens is 166 g/mol. The van der Waals surface area contributed by atoms with Crippen LogP contribution in [0.3, 0.4) is 0 Å². The molecule has 3 nitrogen and oxygen atoms in total. The minimum atomic E-state index is -0.480. The van der Waals surface area contributed by atoms with Gasteiger partial charge in [-0.1, -0.05) is 11.6 Å². The maximum atomic E-state index is 10.3. The third-order valence-electron chi connectivity index (χ3n) is 1.26. The topological polar surface area (TPSA) is 43.1 Å². The highest BCUT2D eigenvalue weighted by molar-refractivity contribution is 6.30. The first-order chi connectivity index (χ1) is 5.11. The number of hydrogen-bond acceptors (Lipinski definition) is 2. The van der Waals surface area contributed by atoms with Crippen LogP contribution in [-0.2, 0) is 0 Å². The Kier molecular flexibility index (Phi) is 2.10. The van der Waals surface area contributed by atoms with Gasteiger partial charge in [0.2, 0.25) is 0 Å². The fourth-order valence-corrected chi connectivity index (χ4v) is 0.983. The van der Waals surface area contributed by atoms with Crippen LogP contribution >= 0.6 is 11.6 Å². The Hall–Kier alpha value is -1.09. The van der Waals surface area contributed by atoms with Gasteiger partial charge in [0.15, 0.2) is 0 Å². The van der Waals surface area contributed by atoms with E-state index in [9.17, 15) is 10.1 Å². The highest BCUT2D eigenvalue weighted by Gasteiger charge is 2.09. The fraction of sp³-hybridized carbons (Fsp3) is 0.143. The molecule has 0 atom stereocenters. The molecule has 0 aliphatic carbocycles.